The van der Waals surface area contributed by atoms with E-state index in [9.17, 15) is 42.7 Å². The molecule has 1 aromatic heterocycles. The Balaban J connectivity index is 1.34. The molecule has 4 atom stereocenters. The van der Waals surface area contributed by atoms with E-state index >= 15 is 0 Å². The van der Waals surface area contributed by atoms with Gasteiger partial charge >= 0.3 is 5.97 Å². The van der Waals surface area contributed by atoms with Gasteiger partial charge in [-0.05, 0) is 42.4 Å². The average molecular weight is 843 g/mol. The SMILES string of the molecule is CC(C)(C)[C@H](c1nn(-c2cc(F)ccc2F)cc1Cc1ccccc1)N(CC[C@H](N)C(=O)NNC(=O)CCCCCN1C(=O)CC(SC[C@H](N)C(=O)O)C1=O)C(=O)CO. The van der Waals surface area contributed by atoms with Crippen molar-refractivity contribution in [2.24, 2.45) is 16.9 Å². The molecule has 0 aliphatic carbocycles. The van der Waals surface area contributed by atoms with Gasteiger partial charge in [-0.15, -0.1) is 11.8 Å². The molecule has 0 saturated carbocycles. The third-order valence-corrected chi connectivity index (χ3v) is 11.0. The van der Waals surface area contributed by atoms with E-state index in [1.807, 2.05) is 51.1 Å². The Hall–Kier alpha value is -5.24. The molecule has 2 aromatic carbocycles. The lowest BCUT2D eigenvalue weighted by molar-refractivity contribution is -0.140. The average Bonchev–Trinajstić information content (AvgIpc) is 3.72. The Bertz CT molecular complexity index is 1980. The Morgan fingerprint density at radius 1 is 1.02 bits per heavy atom. The van der Waals surface area contributed by atoms with Gasteiger partial charge < -0.3 is 26.6 Å². The molecule has 0 spiro atoms. The first-order chi connectivity index (χ1) is 27.9. The van der Waals surface area contributed by atoms with E-state index < -0.39 is 76.6 Å². The highest BCUT2D eigenvalue weighted by Gasteiger charge is 2.40. The number of amides is 5. The number of aliphatic hydroxyl groups is 1. The lowest BCUT2D eigenvalue weighted by atomic mass is 9.81. The van der Waals surface area contributed by atoms with E-state index in [4.69, 9.17) is 21.7 Å². The molecule has 320 valence electrons. The van der Waals surface area contributed by atoms with Crippen molar-refractivity contribution >= 4 is 47.3 Å². The van der Waals surface area contributed by atoms with Gasteiger partial charge in [-0.25, -0.2) is 13.5 Å². The summed E-state index contributed by atoms with van der Waals surface area (Å²) in [5, 5.41) is 23.0. The molecule has 19 heteroatoms. The summed E-state index contributed by atoms with van der Waals surface area (Å²) >= 11 is 1.04. The molecule has 0 radical (unpaired) electrons. The smallest absolute Gasteiger partial charge is 0.321 e. The molecular formula is C40H52F2N8O8S. The molecule has 2 heterocycles. The van der Waals surface area contributed by atoms with Crippen LogP contribution >= 0.6 is 11.8 Å². The minimum atomic E-state index is -1.20. The van der Waals surface area contributed by atoms with Crippen LogP contribution in [0.25, 0.3) is 5.69 Å². The summed E-state index contributed by atoms with van der Waals surface area (Å²) in [6.45, 7) is 4.74. The minimum Gasteiger partial charge on any atom is -0.480 e. The van der Waals surface area contributed by atoms with Gasteiger partial charge in [0, 0.05) is 55.9 Å². The Morgan fingerprint density at radius 2 is 1.73 bits per heavy atom. The van der Waals surface area contributed by atoms with E-state index in [-0.39, 0.29) is 49.7 Å². The van der Waals surface area contributed by atoms with Crippen LogP contribution in [0, 0.1) is 17.0 Å². The van der Waals surface area contributed by atoms with Gasteiger partial charge in [0.15, 0.2) is 0 Å². The number of imide groups is 1. The summed E-state index contributed by atoms with van der Waals surface area (Å²) in [6, 6.07) is 9.19. The highest BCUT2D eigenvalue weighted by Crippen LogP contribution is 2.40. The first-order valence-corrected chi connectivity index (χ1v) is 20.2. The first kappa shape index (κ1) is 46.4. The number of nitrogens with zero attached hydrogens (tertiary/aromatic N) is 4. The third-order valence-electron chi connectivity index (χ3n) is 9.69. The Kier molecular flexibility index (Phi) is 16.6. The highest BCUT2D eigenvalue weighted by atomic mass is 32.2. The molecule has 1 saturated heterocycles. The van der Waals surface area contributed by atoms with Crippen molar-refractivity contribution in [3.63, 3.8) is 0 Å². The predicted octanol–water partition coefficient (Wildman–Crippen LogP) is 2.35. The summed E-state index contributed by atoms with van der Waals surface area (Å²) in [7, 11) is 0. The number of carbonyl (C=O) groups is 6. The number of carbonyl (C=O) groups excluding carboxylic acids is 5. The minimum absolute atomic E-state index is 0.00328. The molecule has 4 rings (SSSR count). The molecule has 1 aliphatic rings. The van der Waals surface area contributed by atoms with Gasteiger partial charge in [0.1, 0.15) is 30.0 Å². The number of unbranched alkanes of at least 4 members (excludes halogenated alkanes) is 2. The monoisotopic (exact) mass is 842 g/mol. The molecule has 1 aliphatic heterocycles. The number of likely N-dealkylation sites (tertiary alicyclic amines) is 1. The summed E-state index contributed by atoms with van der Waals surface area (Å²) < 4.78 is 30.5. The molecule has 1 fully saturated rings. The normalized spacial score (nSPS) is 15.8. The van der Waals surface area contributed by atoms with Gasteiger partial charge in [-0.2, -0.15) is 5.10 Å². The van der Waals surface area contributed by atoms with E-state index in [0.29, 0.717) is 36.9 Å². The molecule has 8 N–H and O–H groups in total. The molecular weight excluding hydrogens is 791 g/mol. The van der Waals surface area contributed by atoms with Crippen LogP contribution in [0.4, 0.5) is 8.78 Å². The molecule has 1 unspecified atom stereocenters. The standard InChI is InChI=1S/C40H52F2N8O8S/c1-40(2,3)36(35-25(18-24-10-6-4-7-11-24)21-50(47-35)30-19-26(41)13-14-27(30)42)48(34(54)22-51)17-15-28(43)37(55)46-45-32(52)12-8-5-9-16-49-33(53)20-31(38(49)56)59-23-29(44)39(57)58/h4,6-7,10-11,13-14,19,21,28-29,31,36,51H,5,8-9,12,15-18,20,22-23,43-44H2,1-3H3,(H,45,52)(H,46,55)(H,57,58)/t28-,29-,31?,36-/m0/s1. The van der Waals surface area contributed by atoms with Crippen molar-refractivity contribution in [2.75, 3.05) is 25.4 Å². The number of carboxylic acids is 1. The fourth-order valence-electron chi connectivity index (χ4n) is 6.64. The van der Waals surface area contributed by atoms with Crippen LogP contribution in [0.1, 0.15) is 82.2 Å². The Labute approximate surface area is 345 Å². The molecule has 16 nitrogen and oxygen atoms in total. The predicted molar refractivity (Wildman–Crippen MR) is 214 cm³/mol. The van der Waals surface area contributed by atoms with Crippen LogP contribution in [-0.4, -0.2) is 108 Å². The van der Waals surface area contributed by atoms with Crippen molar-refractivity contribution in [2.45, 2.75) is 89.1 Å². The van der Waals surface area contributed by atoms with Gasteiger partial charge in [0.2, 0.25) is 23.6 Å². The highest BCUT2D eigenvalue weighted by molar-refractivity contribution is 8.00. The van der Waals surface area contributed by atoms with E-state index in [2.05, 4.69) is 10.9 Å². The van der Waals surface area contributed by atoms with Crippen LogP contribution in [0.15, 0.2) is 54.7 Å². The van der Waals surface area contributed by atoms with Gasteiger partial charge in [0.05, 0.1) is 23.0 Å². The number of aliphatic carboxylic acids is 1. The Morgan fingerprint density at radius 3 is 2.39 bits per heavy atom. The second-order valence-electron chi connectivity index (χ2n) is 15.4. The fraction of sp³-hybridized carbons (Fsp3) is 0.475. The van der Waals surface area contributed by atoms with E-state index in [1.54, 1.807) is 6.20 Å². The van der Waals surface area contributed by atoms with Crippen LogP contribution in [-0.2, 0) is 35.2 Å². The number of nitrogens with one attached hydrogen (secondary N) is 2. The zero-order valence-electron chi connectivity index (χ0n) is 33.2. The van der Waals surface area contributed by atoms with Gasteiger partial charge in [0.25, 0.3) is 5.91 Å². The number of halogens is 2. The maximum absolute atomic E-state index is 15.0. The second-order valence-corrected chi connectivity index (χ2v) is 16.6. The molecule has 59 heavy (non-hydrogen) atoms. The van der Waals surface area contributed by atoms with Crippen molar-refractivity contribution in [1.82, 2.24) is 30.4 Å². The fourth-order valence-corrected chi connectivity index (χ4v) is 7.75. The number of hydrogen-bond donors (Lipinski definition) is 6. The van der Waals surface area contributed by atoms with Gasteiger partial charge in [-0.3, -0.25) is 44.5 Å². The van der Waals surface area contributed by atoms with Gasteiger partial charge in [-0.1, -0.05) is 57.5 Å². The number of hydrazine groups is 1. The zero-order valence-corrected chi connectivity index (χ0v) is 34.1. The summed E-state index contributed by atoms with van der Waals surface area (Å²) in [5.74, 6) is -5.26. The molecule has 0 bridgehead atoms. The maximum atomic E-state index is 15.0. The number of aliphatic hydroxyl groups excluding tert-OH is 1. The van der Waals surface area contributed by atoms with Crippen molar-refractivity contribution in [3.05, 3.63) is 83.2 Å². The quantitative estimate of drug-likeness (QED) is 0.0546. The largest absolute Gasteiger partial charge is 0.480 e. The number of rotatable bonds is 20. The third kappa shape index (κ3) is 12.9. The second kappa shape index (κ2) is 21.1. The lowest BCUT2D eigenvalue weighted by Gasteiger charge is -2.40. The number of nitrogens with two attached hydrogens (primary N) is 2. The zero-order chi connectivity index (χ0) is 43.4. The number of thioether (sulfide) groups is 1. The van der Waals surface area contributed by atoms with Crippen LogP contribution in [0.5, 0.6) is 0 Å². The number of hydrogen-bond acceptors (Lipinski definition) is 11. The van der Waals surface area contributed by atoms with Crippen molar-refractivity contribution in [1.29, 1.82) is 0 Å². The van der Waals surface area contributed by atoms with Crippen LogP contribution in [0.3, 0.4) is 0 Å². The van der Waals surface area contributed by atoms with E-state index in [0.717, 1.165) is 40.4 Å². The number of benzene rings is 2. The van der Waals surface area contributed by atoms with Crippen LogP contribution < -0.4 is 22.3 Å². The van der Waals surface area contributed by atoms with Crippen LogP contribution in [0.2, 0.25) is 0 Å². The van der Waals surface area contributed by atoms with Crippen molar-refractivity contribution < 1.29 is 47.8 Å². The number of aromatic nitrogens is 2. The van der Waals surface area contributed by atoms with Crippen molar-refractivity contribution in [3.8, 4) is 5.69 Å². The molecule has 5 amide bonds. The first-order valence-electron chi connectivity index (χ1n) is 19.2. The summed E-state index contributed by atoms with van der Waals surface area (Å²) in [4.78, 5) is 77.3. The topological polar surface area (TPSA) is 243 Å². The summed E-state index contributed by atoms with van der Waals surface area (Å²) in [5.41, 5.74) is 17.3. The molecule has 3 aromatic rings. The van der Waals surface area contributed by atoms with E-state index in [1.165, 1.54) is 9.58 Å². The summed E-state index contributed by atoms with van der Waals surface area (Å²) in [6.07, 6.45) is 3.11. The number of carboxylic acid groups (broad SMARTS) is 1. The maximum Gasteiger partial charge on any atom is 0.321 e. The lowest BCUT2D eigenvalue weighted by Crippen LogP contribution is -2.51.